The summed E-state index contributed by atoms with van der Waals surface area (Å²) in [5.74, 6) is 2.07. The van der Waals surface area contributed by atoms with Crippen LogP contribution in [0.15, 0.2) is 36.9 Å². The lowest BCUT2D eigenvalue weighted by Crippen LogP contribution is -1.83. The Hall–Kier alpha value is -1.20. The fraction of sp³-hybridized carbons (Fsp3) is 0.250. The molecule has 0 atom stereocenters. The van der Waals surface area contributed by atoms with E-state index in [4.69, 9.17) is 5.26 Å². The van der Waals surface area contributed by atoms with Crippen molar-refractivity contribution in [2.75, 3.05) is 5.75 Å². The minimum Gasteiger partial charge on any atom is -0.192 e. The second-order valence-electron chi connectivity index (χ2n) is 2.94. The zero-order chi connectivity index (χ0) is 10.2. The maximum absolute atomic E-state index is 8.70. The molecule has 0 heterocycles. The highest BCUT2D eigenvalue weighted by atomic mass is 32.2. The minimum absolute atomic E-state index is 0.742. The maximum atomic E-state index is 8.70. The monoisotopic (exact) mass is 203 g/mol. The largest absolute Gasteiger partial charge is 0.192 e. The molecular weight excluding hydrogens is 190 g/mol. The Balaban J connectivity index is 2.43. The van der Waals surface area contributed by atoms with Gasteiger partial charge in [-0.1, -0.05) is 18.2 Å². The summed E-state index contributed by atoms with van der Waals surface area (Å²) in [6.07, 6.45) is 2.97. The van der Waals surface area contributed by atoms with Gasteiger partial charge in [0.25, 0.3) is 0 Å². The summed E-state index contributed by atoms with van der Waals surface area (Å²) in [4.78, 5) is 0. The van der Waals surface area contributed by atoms with E-state index in [0.717, 1.165) is 23.5 Å². The van der Waals surface area contributed by atoms with E-state index in [0.29, 0.717) is 0 Å². The van der Waals surface area contributed by atoms with Crippen molar-refractivity contribution in [3.05, 3.63) is 48.0 Å². The van der Waals surface area contributed by atoms with Crippen molar-refractivity contribution in [2.24, 2.45) is 0 Å². The van der Waals surface area contributed by atoms with Crippen molar-refractivity contribution in [3.63, 3.8) is 0 Å². The van der Waals surface area contributed by atoms with Gasteiger partial charge in [0.2, 0.25) is 0 Å². The lowest BCUT2D eigenvalue weighted by Gasteiger charge is -2.00. The van der Waals surface area contributed by atoms with Gasteiger partial charge in [-0.2, -0.15) is 17.0 Å². The molecule has 0 spiro atoms. The van der Waals surface area contributed by atoms with Gasteiger partial charge in [0, 0.05) is 5.75 Å². The van der Waals surface area contributed by atoms with Crippen LogP contribution in [0.25, 0.3) is 0 Å². The molecule has 0 aliphatic rings. The summed E-state index contributed by atoms with van der Waals surface area (Å²) < 4.78 is 0. The summed E-state index contributed by atoms with van der Waals surface area (Å²) in [7, 11) is 0. The molecule has 1 aromatic rings. The summed E-state index contributed by atoms with van der Waals surface area (Å²) in [6, 6.07) is 9.91. The van der Waals surface area contributed by atoms with Gasteiger partial charge < -0.3 is 0 Å². The third-order valence-corrected chi connectivity index (χ3v) is 2.85. The van der Waals surface area contributed by atoms with Crippen LogP contribution >= 0.6 is 11.8 Å². The number of nitriles is 1. The molecule has 2 heteroatoms. The molecule has 14 heavy (non-hydrogen) atoms. The van der Waals surface area contributed by atoms with Gasteiger partial charge in [0.05, 0.1) is 11.6 Å². The van der Waals surface area contributed by atoms with E-state index in [1.165, 1.54) is 5.56 Å². The number of rotatable bonds is 5. The maximum Gasteiger partial charge on any atom is 0.0991 e. The Bertz CT molecular complexity index is 338. The quantitative estimate of drug-likeness (QED) is 0.541. The highest BCUT2D eigenvalue weighted by molar-refractivity contribution is 7.98. The molecule has 0 unspecified atom stereocenters. The van der Waals surface area contributed by atoms with Crippen LogP contribution in [0.5, 0.6) is 0 Å². The second-order valence-corrected chi connectivity index (χ2v) is 4.05. The predicted molar refractivity (Wildman–Crippen MR) is 62.1 cm³/mol. The zero-order valence-corrected chi connectivity index (χ0v) is 8.89. The van der Waals surface area contributed by atoms with Crippen LogP contribution in [0.3, 0.4) is 0 Å². The van der Waals surface area contributed by atoms with E-state index in [1.54, 1.807) is 0 Å². The molecule has 0 aromatic heterocycles. The summed E-state index contributed by atoms with van der Waals surface area (Å²) >= 11 is 1.87. The Morgan fingerprint density at radius 1 is 1.50 bits per heavy atom. The Kier molecular flexibility index (Phi) is 4.88. The first-order valence-corrected chi connectivity index (χ1v) is 5.70. The Morgan fingerprint density at radius 2 is 2.36 bits per heavy atom. The molecule has 0 amide bonds. The third kappa shape index (κ3) is 3.68. The van der Waals surface area contributed by atoms with Crippen LogP contribution in [0, 0.1) is 11.3 Å². The average molecular weight is 203 g/mol. The van der Waals surface area contributed by atoms with Crippen LogP contribution in [0.2, 0.25) is 0 Å². The number of thioether (sulfide) groups is 1. The average Bonchev–Trinajstić information content (AvgIpc) is 2.25. The molecule has 0 fully saturated rings. The highest BCUT2D eigenvalue weighted by Gasteiger charge is 1.94. The summed E-state index contributed by atoms with van der Waals surface area (Å²) in [5.41, 5.74) is 1.96. The number of hydrogen-bond acceptors (Lipinski definition) is 2. The van der Waals surface area contributed by atoms with E-state index in [-0.39, 0.29) is 0 Å². The standard InChI is InChI=1S/C12H13NS/c1-2-3-7-14-10-12-6-4-5-11(8-12)9-13/h2,4-6,8H,1,3,7,10H2. The van der Waals surface area contributed by atoms with E-state index in [9.17, 15) is 0 Å². The third-order valence-electron chi connectivity index (χ3n) is 1.79. The van der Waals surface area contributed by atoms with Crippen LogP contribution < -0.4 is 0 Å². The van der Waals surface area contributed by atoms with Gasteiger partial charge in [-0.05, 0) is 29.9 Å². The first-order valence-electron chi connectivity index (χ1n) is 4.54. The van der Waals surface area contributed by atoms with Gasteiger partial charge in [-0.25, -0.2) is 0 Å². The smallest absolute Gasteiger partial charge is 0.0991 e. The Morgan fingerprint density at radius 3 is 3.07 bits per heavy atom. The number of allylic oxidation sites excluding steroid dienone is 1. The molecule has 1 nitrogen and oxygen atoms in total. The fourth-order valence-corrected chi connectivity index (χ4v) is 1.98. The molecule has 1 rings (SSSR count). The number of benzene rings is 1. The molecule has 1 aromatic carbocycles. The molecule has 0 aliphatic heterocycles. The van der Waals surface area contributed by atoms with Crippen molar-refractivity contribution < 1.29 is 0 Å². The fourth-order valence-electron chi connectivity index (χ4n) is 1.09. The first kappa shape index (κ1) is 10.9. The van der Waals surface area contributed by atoms with Crippen molar-refractivity contribution in [2.45, 2.75) is 12.2 Å². The summed E-state index contributed by atoms with van der Waals surface area (Å²) in [6.45, 7) is 3.68. The number of hydrogen-bond donors (Lipinski definition) is 0. The van der Waals surface area contributed by atoms with Crippen LogP contribution in [-0.2, 0) is 5.75 Å². The topological polar surface area (TPSA) is 23.8 Å². The van der Waals surface area contributed by atoms with Gasteiger partial charge in [-0.15, -0.1) is 6.58 Å². The molecule has 0 N–H and O–H groups in total. The van der Waals surface area contributed by atoms with Crippen LogP contribution in [0.1, 0.15) is 17.5 Å². The van der Waals surface area contributed by atoms with Crippen LogP contribution in [-0.4, -0.2) is 5.75 Å². The van der Waals surface area contributed by atoms with E-state index < -0.39 is 0 Å². The van der Waals surface area contributed by atoms with Crippen molar-refractivity contribution in [3.8, 4) is 6.07 Å². The highest BCUT2D eigenvalue weighted by Crippen LogP contribution is 2.14. The molecule has 0 radical (unpaired) electrons. The molecule has 0 aliphatic carbocycles. The number of nitrogens with zero attached hydrogens (tertiary/aromatic N) is 1. The predicted octanol–water partition coefficient (Wildman–Crippen LogP) is 3.37. The normalized spacial score (nSPS) is 9.36. The van der Waals surface area contributed by atoms with Crippen LogP contribution in [0.4, 0.5) is 0 Å². The summed E-state index contributed by atoms with van der Waals surface area (Å²) in [5, 5.41) is 8.70. The lowest BCUT2D eigenvalue weighted by atomic mass is 10.2. The van der Waals surface area contributed by atoms with Gasteiger partial charge in [0.15, 0.2) is 0 Å². The van der Waals surface area contributed by atoms with E-state index in [2.05, 4.69) is 18.7 Å². The molecular formula is C12H13NS. The van der Waals surface area contributed by atoms with Crippen molar-refractivity contribution >= 4 is 11.8 Å². The minimum atomic E-state index is 0.742. The van der Waals surface area contributed by atoms with E-state index in [1.807, 2.05) is 36.0 Å². The van der Waals surface area contributed by atoms with Gasteiger partial charge in [-0.3, -0.25) is 0 Å². The molecule has 0 saturated carbocycles. The SMILES string of the molecule is C=CCCSCc1cccc(C#N)c1. The lowest BCUT2D eigenvalue weighted by molar-refractivity contribution is 1.24. The molecule has 72 valence electrons. The molecule has 0 bridgehead atoms. The Labute approximate surface area is 89.4 Å². The van der Waals surface area contributed by atoms with Crippen molar-refractivity contribution in [1.82, 2.24) is 0 Å². The second kappa shape index (κ2) is 6.28. The van der Waals surface area contributed by atoms with E-state index >= 15 is 0 Å². The molecule has 0 saturated heterocycles. The first-order chi connectivity index (χ1) is 6.86. The van der Waals surface area contributed by atoms with Crippen molar-refractivity contribution in [1.29, 1.82) is 5.26 Å². The van der Waals surface area contributed by atoms with Gasteiger partial charge >= 0.3 is 0 Å². The van der Waals surface area contributed by atoms with Gasteiger partial charge in [0.1, 0.15) is 0 Å². The zero-order valence-electron chi connectivity index (χ0n) is 8.07.